The monoisotopic (exact) mass is 536 g/mol. The molecule has 1 N–H and O–H groups in total. The van der Waals surface area contributed by atoms with Crippen LogP contribution in [0.1, 0.15) is 56.6 Å². The lowest BCUT2D eigenvalue weighted by atomic mass is 9.74. The van der Waals surface area contributed by atoms with Crippen molar-refractivity contribution in [3.63, 3.8) is 0 Å². The molecule has 0 saturated carbocycles. The largest absolute Gasteiger partial charge is 0.465 e. The van der Waals surface area contributed by atoms with Gasteiger partial charge in [-0.05, 0) is 63.6 Å². The number of amides is 2. The highest BCUT2D eigenvalue weighted by atomic mass is 16.6. The topological polar surface area (TPSA) is 96.4 Å². The van der Waals surface area contributed by atoms with E-state index in [1.165, 1.54) is 0 Å². The van der Waals surface area contributed by atoms with Gasteiger partial charge in [0, 0.05) is 25.4 Å². The van der Waals surface area contributed by atoms with Crippen LogP contribution in [0, 0.1) is 25.7 Å². The second kappa shape index (κ2) is 10.9. The first-order valence-corrected chi connectivity index (χ1v) is 14.3. The molecule has 1 unspecified atom stereocenters. The molecule has 2 fully saturated rings. The van der Waals surface area contributed by atoms with Crippen molar-refractivity contribution in [2.45, 2.75) is 76.5 Å². The minimum Gasteiger partial charge on any atom is -0.465 e. The Morgan fingerprint density at radius 1 is 1.00 bits per heavy atom. The van der Waals surface area contributed by atoms with Crippen molar-refractivity contribution in [3.05, 3.63) is 53.6 Å². The number of unbranched alkanes of at least 4 members (excludes halogenated alkanes) is 3. The molecule has 2 amide bonds. The molecule has 4 heterocycles. The second-order valence-corrected chi connectivity index (χ2v) is 11.5. The van der Waals surface area contributed by atoms with Gasteiger partial charge in [-0.15, -0.1) is 0 Å². The van der Waals surface area contributed by atoms with Gasteiger partial charge in [0.15, 0.2) is 0 Å². The number of anilines is 1. The summed E-state index contributed by atoms with van der Waals surface area (Å²) in [6.07, 6.45) is 12.2. The Labute approximate surface area is 230 Å². The summed E-state index contributed by atoms with van der Waals surface area (Å²) in [7, 11) is 0. The Morgan fingerprint density at radius 2 is 1.79 bits per heavy atom. The van der Waals surface area contributed by atoms with Crippen molar-refractivity contribution in [3.8, 4) is 0 Å². The van der Waals surface area contributed by atoms with Gasteiger partial charge >= 0.3 is 5.97 Å². The third-order valence-electron chi connectivity index (χ3n) is 8.71. The van der Waals surface area contributed by atoms with E-state index in [0.717, 1.165) is 36.1 Å². The molecule has 0 aliphatic carbocycles. The number of carbonyl (C=O) groups excluding carboxylic acids is 3. The minimum absolute atomic E-state index is 0.133. The maximum Gasteiger partial charge on any atom is 0.313 e. The zero-order valence-electron chi connectivity index (χ0n) is 23.2. The van der Waals surface area contributed by atoms with Gasteiger partial charge in [0.1, 0.15) is 17.6 Å². The summed E-state index contributed by atoms with van der Waals surface area (Å²) in [5, 5.41) is 9.16. The molecule has 0 bridgehead atoms. The number of rotatable bonds is 7. The van der Waals surface area contributed by atoms with E-state index in [1.807, 2.05) is 63.3 Å². The number of aryl methyl sites for hydroxylation is 2. The minimum atomic E-state index is -1.28. The smallest absolute Gasteiger partial charge is 0.313 e. The van der Waals surface area contributed by atoms with E-state index in [4.69, 9.17) is 14.6 Å². The van der Waals surface area contributed by atoms with Crippen molar-refractivity contribution < 1.29 is 29.0 Å². The van der Waals surface area contributed by atoms with Crippen molar-refractivity contribution in [1.82, 2.24) is 4.90 Å². The van der Waals surface area contributed by atoms with Crippen molar-refractivity contribution in [2.24, 2.45) is 11.8 Å². The van der Waals surface area contributed by atoms with E-state index in [-0.39, 0.29) is 25.0 Å². The zero-order chi connectivity index (χ0) is 27.8. The number of carbonyl (C=O) groups is 3. The predicted octanol–water partition coefficient (Wildman–Crippen LogP) is 3.62. The Kier molecular flexibility index (Phi) is 7.71. The molecule has 5 rings (SSSR count). The maximum absolute atomic E-state index is 14.5. The number of nitrogens with zero attached hydrogens (tertiary/aromatic N) is 2. The first-order chi connectivity index (χ1) is 18.7. The van der Waals surface area contributed by atoms with Crippen LogP contribution in [0.5, 0.6) is 0 Å². The maximum atomic E-state index is 14.5. The number of cyclic esters (lactones) is 1. The second-order valence-electron chi connectivity index (χ2n) is 11.5. The Balaban J connectivity index is 1.59. The highest BCUT2D eigenvalue weighted by molar-refractivity contribution is 6.06. The Morgan fingerprint density at radius 3 is 2.59 bits per heavy atom. The van der Waals surface area contributed by atoms with E-state index >= 15 is 0 Å². The van der Waals surface area contributed by atoms with Crippen LogP contribution >= 0.6 is 0 Å². The molecule has 210 valence electrons. The first-order valence-electron chi connectivity index (χ1n) is 14.3. The molecular formula is C31H40N2O6. The van der Waals surface area contributed by atoms with Gasteiger partial charge in [0.25, 0.3) is 5.91 Å². The zero-order valence-corrected chi connectivity index (χ0v) is 23.2. The number of fused-ring (bicyclic) bond motifs is 2. The quantitative estimate of drug-likeness (QED) is 0.325. The summed E-state index contributed by atoms with van der Waals surface area (Å²) in [5.41, 5.74) is 0.462. The average molecular weight is 537 g/mol. The average Bonchev–Trinajstić information content (AvgIpc) is 3.24. The summed E-state index contributed by atoms with van der Waals surface area (Å²) in [6.45, 7) is 6.96. The van der Waals surface area contributed by atoms with E-state index in [9.17, 15) is 14.4 Å². The number of hydrogen-bond donors (Lipinski definition) is 1. The van der Waals surface area contributed by atoms with Gasteiger partial charge in [-0.1, -0.05) is 49.3 Å². The van der Waals surface area contributed by atoms with E-state index < -0.39 is 35.0 Å². The fourth-order valence-corrected chi connectivity index (χ4v) is 6.85. The molecule has 8 nitrogen and oxygen atoms in total. The molecule has 1 spiro atoms. The summed E-state index contributed by atoms with van der Waals surface area (Å²) in [5.74, 6) is -2.60. The summed E-state index contributed by atoms with van der Waals surface area (Å²) in [6, 6.07) is 5.12. The van der Waals surface area contributed by atoms with Gasteiger partial charge in [-0.2, -0.15) is 0 Å². The lowest BCUT2D eigenvalue weighted by Gasteiger charge is -2.37. The van der Waals surface area contributed by atoms with Crippen LogP contribution in [0.2, 0.25) is 0 Å². The molecule has 5 atom stereocenters. The van der Waals surface area contributed by atoms with Crippen molar-refractivity contribution in [2.75, 3.05) is 31.2 Å². The van der Waals surface area contributed by atoms with E-state index in [2.05, 4.69) is 0 Å². The summed E-state index contributed by atoms with van der Waals surface area (Å²) >= 11 is 0. The van der Waals surface area contributed by atoms with Crippen molar-refractivity contribution >= 4 is 23.5 Å². The van der Waals surface area contributed by atoms with Gasteiger partial charge in [0.05, 0.1) is 18.1 Å². The highest BCUT2D eigenvalue weighted by Crippen LogP contribution is 2.57. The number of aliphatic hydroxyl groups excluding tert-OH is 1. The SMILES string of the molecule is Cc1ccc(C)c(N2CC=C[C@]34O[C@]5(C)/C=C\CCCOC(=O)[C@@H]5[C@H]3C(=O)N(CCCCCCO)C4C2=O)c1. The van der Waals surface area contributed by atoms with Gasteiger partial charge in [-0.25, -0.2) is 0 Å². The fourth-order valence-electron chi connectivity index (χ4n) is 6.85. The third-order valence-corrected chi connectivity index (χ3v) is 8.71. The number of ether oxygens (including phenoxy) is 2. The van der Waals surface area contributed by atoms with Gasteiger partial charge in [-0.3, -0.25) is 14.4 Å². The van der Waals surface area contributed by atoms with Crippen LogP contribution in [0.4, 0.5) is 5.69 Å². The molecule has 2 saturated heterocycles. The van der Waals surface area contributed by atoms with Gasteiger partial charge < -0.3 is 24.4 Å². The molecule has 4 aliphatic heterocycles. The molecule has 39 heavy (non-hydrogen) atoms. The highest BCUT2D eigenvalue weighted by Gasteiger charge is 2.74. The Bertz CT molecular complexity index is 1190. The van der Waals surface area contributed by atoms with Crippen LogP contribution in [0.25, 0.3) is 0 Å². The molecular weight excluding hydrogens is 496 g/mol. The first kappa shape index (κ1) is 27.6. The van der Waals surface area contributed by atoms with Gasteiger partial charge in [0.2, 0.25) is 5.91 Å². The predicted molar refractivity (Wildman–Crippen MR) is 147 cm³/mol. The van der Waals surface area contributed by atoms with Crippen LogP contribution in [0.15, 0.2) is 42.5 Å². The molecule has 0 aromatic heterocycles. The van der Waals surface area contributed by atoms with Crippen LogP contribution in [-0.4, -0.2) is 71.3 Å². The molecule has 1 aromatic rings. The van der Waals surface area contributed by atoms with E-state index in [1.54, 1.807) is 9.80 Å². The number of aliphatic hydroxyl groups is 1. The Hall–Kier alpha value is -2.97. The molecule has 1 aromatic carbocycles. The molecule has 8 heteroatoms. The molecule has 0 radical (unpaired) electrons. The fraction of sp³-hybridized carbons (Fsp3) is 0.581. The number of likely N-dealkylation sites (tertiary alicyclic amines) is 1. The standard InChI is InChI=1S/C31H40N2O6/c1-21-12-13-22(2)23(20-21)32-17-11-15-31-24(25-29(37)38-19-10-6-7-14-30(25,3)39-31)27(35)33(26(31)28(32)36)16-8-4-5-9-18-34/h7,11-15,20,24-26,34H,4-6,8-10,16-19H2,1-3H3/b14-7-/t24-,25-,26?,30+,31-/m0/s1. The van der Waals surface area contributed by atoms with E-state index in [0.29, 0.717) is 32.4 Å². The number of benzene rings is 1. The third kappa shape index (κ3) is 4.72. The summed E-state index contributed by atoms with van der Waals surface area (Å²) < 4.78 is 12.5. The van der Waals surface area contributed by atoms with Crippen LogP contribution in [-0.2, 0) is 23.9 Å². The number of hydrogen-bond acceptors (Lipinski definition) is 6. The summed E-state index contributed by atoms with van der Waals surface area (Å²) in [4.78, 5) is 45.7. The lowest BCUT2D eigenvalue weighted by Crippen LogP contribution is -2.56. The van der Waals surface area contributed by atoms with Crippen LogP contribution in [0.3, 0.4) is 0 Å². The normalized spacial score (nSPS) is 33.0. The number of esters is 1. The lowest BCUT2D eigenvalue weighted by molar-refractivity contribution is -0.158. The van der Waals surface area contributed by atoms with Crippen LogP contribution < -0.4 is 4.90 Å². The molecule has 4 aliphatic rings. The number of allylic oxidation sites excluding steroid dienone is 1. The van der Waals surface area contributed by atoms with Crippen molar-refractivity contribution in [1.29, 1.82) is 0 Å².